The Labute approximate surface area is 263 Å². The molecule has 2 N–H and O–H groups in total. The Bertz CT molecular complexity index is 1520. The van der Waals surface area contributed by atoms with E-state index in [0.29, 0.717) is 16.0 Å². The normalized spacial score (nSPS) is 16.0. The van der Waals surface area contributed by atoms with Crippen molar-refractivity contribution in [3.63, 3.8) is 0 Å². The molecule has 3 heterocycles. The number of aromatic nitrogens is 2. The average Bonchev–Trinajstić information content (AvgIpc) is 3.35. The Balaban J connectivity index is 1.66. The molecular formula is C31H39F4N5O4S. The number of likely N-dealkylation sites (tertiary alicyclic amines) is 1. The summed E-state index contributed by atoms with van der Waals surface area (Å²) in [5.41, 5.74) is 0.0390. The molecular weight excluding hydrogens is 614 g/mol. The number of amides is 2. The third-order valence-electron chi connectivity index (χ3n) is 7.39. The molecule has 2 amide bonds. The van der Waals surface area contributed by atoms with Crippen LogP contribution in [0.1, 0.15) is 60.1 Å². The highest BCUT2D eigenvalue weighted by Crippen LogP contribution is 2.41. The van der Waals surface area contributed by atoms with Crippen LogP contribution in [0.25, 0.3) is 21.2 Å². The summed E-state index contributed by atoms with van der Waals surface area (Å²) in [4.78, 5) is 37.4. The number of nitrogens with one attached hydrogen (secondary N) is 1. The van der Waals surface area contributed by atoms with Crippen molar-refractivity contribution in [1.29, 1.82) is 0 Å². The van der Waals surface area contributed by atoms with Gasteiger partial charge in [-0.3, -0.25) is 4.90 Å². The Morgan fingerprint density at radius 1 is 1.11 bits per heavy atom. The van der Waals surface area contributed by atoms with Gasteiger partial charge in [0.1, 0.15) is 5.60 Å². The van der Waals surface area contributed by atoms with Crippen LogP contribution in [0.5, 0.6) is 0 Å². The van der Waals surface area contributed by atoms with Crippen molar-refractivity contribution in [2.24, 2.45) is 5.92 Å². The van der Waals surface area contributed by atoms with Crippen LogP contribution in [-0.4, -0.2) is 76.2 Å². The van der Waals surface area contributed by atoms with Gasteiger partial charge in [0.2, 0.25) is 5.95 Å². The van der Waals surface area contributed by atoms with Gasteiger partial charge in [-0.25, -0.2) is 19.6 Å². The summed E-state index contributed by atoms with van der Waals surface area (Å²) in [6.45, 7) is 11.1. The molecule has 0 bridgehead atoms. The van der Waals surface area contributed by atoms with Gasteiger partial charge in [-0.1, -0.05) is 44.2 Å². The van der Waals surface area contributed by atoms with Crippen molar-refractivity contribution in [2.45, 2.75) is 77.6 Å². The Hall–Kier alpha value is -3.52. The van der Waals surface area contributed by atoms with E-state index in [1.807, 2.05) is 26.8 Å². The van der Waals surface area contributed by atoms with E-state index < -0.39 is 47.3 Å². The first-order valence-corrected chi connectivity index (χ1v) is 15.5. The van der Waals surface area contributed by atoms with E-state index in [9.17, 15) is 32.3 Å². The third-order valence-corrected chi connectivity index (χ3v) is 8.52. The number of halogens is 4. The second-order valence-electron chi connectivity index (χ2n) is 13.3. The molecule has 1 fully saturated rings. The van der Waals surface area contributed by atoms with Crippen LogP contribution in [0, 0.1) is 11.9 Å². The van der Waals surface area contributed by atoms with Gasteiger partial charge in [-0.2, -0.15) is 17.6 Å². The van der Waals surface area contributed by atoms with Gasteiger partial charge in [0.05, 0.1) is 29.1 Å². The Morgan fingerprint density at radius 3 is 2.36 bits per heavy atom. The number of pyridine rings is 1. The van der Waals surface area contributed by atoms with Crippen LogP contribution >= 0.6 is 11.3 Å². The van der Waals surface area contributed by atoms with Crippen LogP contribution in [0.15, 0.2) is 30.5 Å². The highest BCUT2D eigenvalue weighted by Gasteiger charge is 2.41. The summed E-state index contributed by atoms with van der Waals surface area (Å²) in [5, 5.41) is 14.6. The highest BCUT2D eigenvalue weighted by atomic mass is 32.1. The van der Waals surface area contributed by atoms with Crippen molar-refractivity contribution in [2.75, 3.05) is 31.1 Å². The van der Waals surface area contributed by atoms with E-state index in [-0.39, 0.29) is 44.2 Å². The second-order valence-corrected chi connectivity index (χ2v) is 14.3. The standard InChI is InChI=1S/C31H39F4N5O4S/c1-29(2,3)25-24(18-7-8-19-15-36-23(32)14-20(19)13-18)45-26(38-25)40(28(42)43)17-22(37-27(41)44-30(4,5)6)16-39-11-9-21(10-12-39)31(33,34)35/h7-8,13-15,21-22H,9-12,16-17H2,1-6H3,(H,37,41)(H,42,43)/t22-/m0/s1. The van der Waals surface area contributed by atoms with Crippen molar-refractivity contribution >= 4 is 39.4 Å². The molecule has 0 spiro atoms. The molecule has 1 aromatic carbocycles. The van der Waals surface area contributed by atoms with E-state index >= 15 is 0 Å². The number of carbonyl (C=O) groups excluding carboxylic acids is 1. The fourth-order valence-electron chi connectivity index (χ4n) is 5.22. The van der Waals surface area contributed by atoms with Crippen molar-refractivity contribution in [3.8, 4) is 10.4 Å². The van der Waals surface area contributed by atoms with Crippen molar-refractivity contribution in [1.82, 2.24) is 20.2 Å². The zero-order valence-electron chi connectivity index (χ0n) is 26.2. The zero-order valence-corrected chi connectivity index (χ0v) is 27.0. The lowest BCUT2D eigenvalue weighted by Gasteiger charge is -2.36. The molecule has 45 heavy (non-hydrogen) atoms. The van der Waals surface area contributed by atoms with E-state index in [1.54, 1.807) is 37.8 Å². The fourth-order valence-corrected chi connectivity index (χ4v) is 6.50. The van der Waals surface area contributed by atoms with E-state index in [4.69, 9.17) is 9.72 Å². The monoisotopic (exact) mass is 653 g/mol. The zero-order chi connectivity index (χ0) is 33.3. The molecule has 0 saturated carbocycles. The highest BCUT2D eigenvalue weighted by molar-refractivity contribution is 7.19. The predicted octanol–water partition coefficient (Wildman–Crippen LogP) is 7.45. The van der Waals surface area contributed by atoms with Crippen LogP contribution in [0.3, 0.4) is 0 Å². The van der Waals surface area contributed by atoms with Crippen LogP contribution in [0.4, 0.5) is 32.3 Å². The maximum absolute atomic E-state index is 13.9. The molecule has 0 aliphatic carbocycles. The number of ether oxygens (including phenoxy) is 1. The fraction of sp³-hybridized carbons (Fsp3) is 0.548. The summed E-state index contributed by atoms with van der Waals surface area (Å²) in [6, 6.07) is 5.96. The number of alkyl carbamates (subject to hydrolysis) is 1. The molecule has 4 rings (SSSR count). The van der Waals surface area contributed by atoms with E-state index in [2.05, 4.69) is 10.3 Å². The number of anilines is 1. The molecule has 14 heteroatoms. The van der Waals surface area contributed by atoms with Gasteiger partial charge in [0.15, 0.2) is 5.13 Å². The quantitative estimate of drug-likeness (QED) is 0.202. The van der Waals surface area contributed by atoms with Crippen LogP contribution in [0.2, 0.25) is 0 Å². The topological polar surface area (TPSA) is 108 Å². The largest absolute Gasteiger partial charge is 0.465 e. The summed E-state index contributed by atoms with van der Waals surface area (Å²) in [6.07, 6.45) is -5.08. The molecule has 246 valence electrons. The lowest BCUT2D eigenvalue weighted by Crippen LogP contribution is -2.53. The Morgan fingerprint density at radius 2 is 1.78 bits per heavy atom. The SMILES string of the molecule is CC(C)(C)OC(=O)N[C@@H](CN1CCC(C(F)(F)F)CC1)CN(C(=O)O)c1nc(C(C)(C)C)c(-c2ccc3cnc(F)cc3c2)s1. The van der Waals surface area contributed by atoms with Gasteiger partial charge in [0, 0.05) is 29.6 Å². The number of piperidine rings is 1. The summed E-state index contributed by atoms with van der Waals surface area (Å²) in [5.74, 6) is -2.02. The Kier molecular flexibility index (Phi) is 9.98. The van der Waals surface area contributed by atoms with Gasteiger partial charge in [-0.05, 0) is 63.7 Å². The minimum Gasteiger partial charge on any atom is -0.465 e. The van der Waals surface area contributed by atoms with Gasteiger partial charge < -0.3 is 20.1 Å². The molecule has 3 aromatic rings. The molecule has 0 radical (unpaired) electrons. The minimum atomic E-state index is -4.27. The minimum absolute atomic E-state index is 0.0815. The first kappa shape index (κ1) is 34.4. The lowest BCUT2D eigenvalue weighted by molar-refractivity contribution is -0.185. The first-order chi connectivity index (χ1) is 20.8. The smallest absolute Gasteiger partial charge is 0.413 e. The first-order valence-electron chi connectivity index (χ1n) is 14.7. The number of hydrogen-bond donors (Lipinski definition) is 2. The molecule has 1 aliphatic rings. The lowest BCUT2D eigenvalue weighted by atomic mass is 9.89. The second kappa shape index (κ2) is 13.1. The summed E-state index contributed by atoms with van der Waals surface area (Å²) in [7, 11) is 0. The van der Waals surface area contributed by atoms with Crippen molar-refractivity contribution < 1.29 is 37.0 Å². The predicted molar refractivity (Wildman–Crippen MR) is 165 cm³/mol. The molecule has 9 nitrogen and oxygen atoms in total. The molecule has 1 saturated heterocycles. The van der Waals surface area contributed by atoms with E-state index in [0.717, 1.165) is 27.2 Å². The number of carboxylic acid groups (broad SMARTS) is 1. The van der Waals surface area contributed by atoms with Gasteiger partial charge in [-0.15, -0.1) is 0 Å². The van der Waals surface area contributed by atoms with Gasteiger partial charge in [0.25, 0.3) is 0 Å². The number of carbonyl (C=O) groups is 2. The molecule has 0 unspecified atom stereocenters. The average molecular weight is 654 g/mol. The number of rotatable bonds is 7. The number of benzene rings is 1. The van der Waals surface area contributed by atoms with Crippen molar-refractivity contribution in [3.05, 3.63) is 42.1 Å². The maximum atomic E-state index is 13.9. The third kappa shape index (κ3) is 9.03. The van der Waals surface area contributed by atoms with Crippen LogP contribution in [-0.2, 0) is 10.2 Å². The maximum Gasteiger partial charge on any atom is 0.413 e. The number of hydrogen-bond acceptors (Lipinski definition) is 7. The molecule has 1 atom stereocenters. The molecule has 2 aromatic heterocycles. The van der Waals surface area contributed by atoms with Crippen LogP contribution < -0.4 is 10.2 Å². The van der Waals surface area contributed by atoms with E-state index in [1.165, 1.54) is 12.3 Å². The number of alkyl halides is 3. The summed E-state index contributed by atoms with van der Waals surface area (Å²) >= 11 is 1.15. The molecule has 1 aliphatic heterocycles. The number of fused-ring (bicyclic) bond motifs is 1. The number of nitrogens with zero attached hydrogens (tertiary/aromatic N) is 4. The summed E-state index contributed by atoms with van der Waals surface area (Å²) < 4.78 is 59.1. The number of thiazole rings is 1. The van der Waals surface area contributed by atoms with Gasteiger partial charge >= 0.3 is 18.4 Å².